The maximum absolute atomic E-state index is 13.4. The number of anilines is 1. The lowest BCUT2D eigenvalue weighted by molar-refractivity contribution is -0.135. The van der Waals surface area contributed by atoms with Crippen LogP contribution in [0.25, 0.3) is 0 Å². The highest BCUT2D eigenvalue weighted by Gasteiger charge is 2.55. The van der Waals surface area contributed by atoms with Crippen LogP contribution < -0.4 is 15.4 Å². The molecule has 0 saturated carbocycles. The predicted octanol–water partition coefficient (Wildman–Crippen LogP) is 2.10. The molecule has 0 aliphatic carbocycles. The van der Waals surface area contributed by atoms with Crippen molar-refractivity contribution in [1.82, 2.24) is 15.1 Å². The lowest BCUT2D eigenvalue weighted by atomic mass is 9.84. The average Bonchev–Trinajstić information content (AvgIpc) is 3.27. The predicted molar refractivity (Wildman–Crippen MR) is 130 cm³/mol. The molecule has 1 aromatic heterocycles. The van der Waals surface area contributed by atoms with Gasteiger partial charge >= 0.3 is 12.0 Å². The second-order valence-corrected chi connectivity index (χ2v) is 9.57. The minimum atomic E-state index is -1.31. The smallest absolute Gasteiger partial charge is 0.341 e. The van der Waals surface area contributed by atoms with Crippen molar-refractivity contribution in [3.63, 3.8) is 0 Å². The number of nitrogens with zero attached hydrogens (tertiary/aromatic N) is 2. The standard InChI is InChI=1S/C24H26N4O7S/c1-5-34-21(31)17-13(2)18(20(30)27(3)4)36-19(17)25-16(29)12-28-22(32)24(26-23(28)33)10-11-35-15-9-7-6-8-14(15)24/h6-9H,5,10-12H2,1-4H3,(H,25,29)(H,26,33). The van der Waals surface area contributed by atoms with Crippen molar-refractivity contribution in [3.8, 4) is 5.75 Å². The van der Waals surface area contributed by atoms with Gasteiger partial charge in [0.15, 0.2) is 5.54 Å². The molecule has 2 N–H and O–H groups in total. The largest absolute Gasteiger partial charge is 0.493 e. The van der Waals surface area contributed by atoms with Gasteiger partial charge in [0.25, 0.3) is 11.8 Å². The highest BCUT2D eigenvalue weighted by Crippen LogP contribution is 2.41. The Morgan fingerprint density at radius 2 is 1.97 bits per heavy atom. The Balaban J connectivity index is 1.59. The third kappa shape index (κ3) is 4.17. The van der Waals surface area contributed by atoms with E-state index in [1.54, 1.807) is 52.2 Å². The van der Waals surface area contributed by atoms with Crippen LogP contribution in [-0.2, 0) is 19.9 Å². The van der Waals surface area contributed by atoms with E-state index in [0.29, 0.717) is 16.9 Å². The maximum atomic E-state index is 13.4. The van der Waals surface area contributed by atoms with Gasteiger partial charge in [-0.2, -0.15) is 0 Å². The zero-order valence-corrected chi connectivity index (χ0v) is 21.1. The number of esters is 1. The van der Waals surface area contributed by atoms with Crippen molar-refractivity contribution < 1.29 is 33.4 Å². The van der Waals surface area contributed by atoms with Crippen LogP contribution in [0.15, 0.2) is 24.3 Å². The third-order valence-corrected chi connectivity index (χ3v) is 7.23. The highest BCUT2D eigenvalue weighted by atomic mass is 32.1. The fourth-order valence-corrected chi connectivity index (χ4v) is 5.52. The van der Waals surface area contributed by atoms with Crippen molar-refractivity contribution in [2.24, 2.45) is 0 Å². The fraction of sp³-hybridized carbons (Fsp3) is 0.375. The first-order valence-corrected chi connectivity index (χ1v) is 12.1. The fourth-order valence-electron chi connectivity index (χ4n) is 4.28. The summed E-state index contributed by atoms with van der Waals surface area (Å²) in [6.45, 7) is 2.99. The summed E-state index contributed by atoms with van der Waals surface area (Å²) in [6, 6.07) is 6.23. The van der Waals surface area contributed by atoms with Crippen LogP contribution in [0.3, 0.4) is 0 Å². The van der Waals surface area contributed by atoms with Crippen LogP contribution in [0.1, 0.15) is 44.5 Å². The van der Waals surface area contributed by atoms with Crippen LogP contribution in [0.2, 0.25) is 0 Å². The van der Waals surface area contributed by atoms with Gasteiger partial charge in [0.2, 0.25) is 5.91 Å². The normalized spacial score (nSPS) is 18.4. The molecule has 2 aliphatic heterocycles. The van der Waals surface area contributed by atoms with Gasteiger partial charge in [-0.25, -0.2) is 9.59 Å². The summed E-state index contributed by atoms with van der Waals surface area (Å²) in [5.74, 6) is -1.79. The molecule has 2 aromatic rings. The first kappa shape index (κ1) is 25.2. The minimum Gasteiger partial charge on any atom is -0.493 e. The van der Waals surface area contributed by atoms with E-state index in [0.717, 1.165) is 16.2 Å². The molecule has 0 radical (unpaired) electrons. The summed E-state index contributed by atoms with van der Waals surface area (Å²) in [6.07, 6.45) is 0.222. The van der Waals surface area contributed by atoms with E-state index < -0.39 is 35.9 Å². The molecule has 1 aromatic carbocycles. The number of amides is 5. The van der Waals surface area contributed by atoms with Gasteiger partial charge in [-0.05, 0) is 25.5 Å². The number of hydrogen-bond donors (Lipinski definition) is 2. The molecule has 36 heavy (non-hydrogen) atoms. The molecule has 1 saturated heterocycles. The van der Waals surface area contributed by atoms with Gasteiger partial charge in [-0.15, -0.1) is 11.3 Å². The molecule has 1 unspecified atom stereocenters. The van der Waals surface area contributed by atoms with E-state index in [4.69, 9.17) is 9.47 Å². The zero-order valence-electron chi connectivity index (χ0n) is 20.3. The summed E-state index contributed by atoms with van der Waals surface area (Å²) >= 11 is 0.932. The number of rotatable bonds is 6. The van der Waals surface area contributed by atoms with Crippen molar-refractivity contribution in [2.75, 3.05) is 39.2 Å². The van der Waals surface area contributed by atoms with E-state index >= 15 is 0 Å². The van der Waals surface area contributed by atoms with Crippen LogP contribution >= 0.6 is 11.3 Å². The molecule has 190 valence electrons. The molecule has 1 fully saturated rings. The van der Waals surface area contributed by atoms with Crippen LogP contribution in [-0.4, -0.2) is 73.4 Å². The Bertz CT molecular complexity index is 1270. The zero-order chi connectivity index (χ0) is 26.2. The van der Waals surface area contributed by atoms with Crippen molar-refractivity contribution in [2.45, 2.75) is 25.8 Å². The number of imide groups is 1. The highest BCUT2D eigenvalue weighted by molar-refractivity contribution is 7.18. The second kappa shape index (κ2) is 9.61. The van der Waals surface area contributed by atoms with Crippen LogP contribution in [0, 0.1) is 6.92 Å². The monoisotopic (exact) mass is 514 g/mol. The molecule has 1 spiro atoms. The molecule has 2 aliphatic rings. The van der Waals surface area contributed by atoms with E-state index in [-0.39, 0.29) is 41.0 Å². The number of fused-ring (bicyclic) bond motifs is 2. The molecular weight excluding hydrogens is 488 g/mol. The lowest BCUT2D eigenvalue weighted by Gasteiger charge is -2.33. The summed E-state index contributed by atoms with van der Waals surface area (Å²) < 4.78 is 10.7. The topological polar surface area (TPSA) is 134 Å². The number of urea groups is 1. The Morgan fingerprint density at radius 3 is 2.67 bits per heavy atom. The van der Waals surface area contributed by atoms with Gasteiger partial charge in [-0.1, -0.05) is 18.2 Å². The number of benzene rings is 1. The summed E-state index contributed by atoms with van der Waals surface area (Å²) in [7, 11) is 3.15. The Hall–Kier alpha value is -3.93. The van der Waals surface area contributed by atoms with Gasteiger partial charge < -0.3 is 25.0 Å². The molecular formula is C24H26N4O7S. The van der Waals surface area contributed by atoms with Crippen molar-refractivity contribution in [3.05, 3.63) is 45.8 Å². The van der Waals surface area contributed by atoms with Gasteiger partial charge in [0.1, 0.15) is 17.3 Å². The number of hydrogen-bond acceptors (Lipinski definition) is 8. The first-order chi connectivity index (χ1) is 17.1. The molecule has 0 bridgehead atoms. The van der Waals surface area contributed by atoms with Crippen molar-refractivity contribution in [1.29, 1.82) is 0 Å². The van der Waals surface area contributed by atoms with Gasteiger partial charge in [-0.3, -0.25) is 19.3 Å². The van der Waals surface area contributed by atoms with E-state index in [2.05, 4.69) is 10.6 Å². The summed E-state index contributed by atoms with van der Waals surface area (Å²) in [5, 5.41) is 5.44. The molecule has 3 heterocycles. The summed E-state index contributed by atoms with van der Waals surface area (Å²) in [5.41, 5.74) is -0.344. The first-order valence-electron chi connectivity index (χ1n) is 11.3. The third-order valence-electron chi connectivity index (χ3n) is 6.04. The number of carbonyl (C=O) groups excluding carboxylic acids is 5. The number of nitrogens with one attached hydrogen (secondary N) is 2. The molecule has 4 rings (SSSR count). The number of para-hydroxylation sites is 1. The van der Waals surface area contributed by atoms with E-state index in [1.165, 1.54) is 4.90 Å². The Labute approximate surface area is 211 Å². The quantitative estimate of drug-likeness (QED) is 0.445. The Kier molecular flexibility index (Phi) is 6.72. The van der Waals surface area contributed by atoms with E-state index in [1.807, 2.05) is 0 Å². The maximum Gasteiger partial charge on any atom is 0.341 e. The van der Waals surface area contributed by atoms with Crippen LogP contribution in [0.5, 0.6) is 5.75 Å². The lowest BCUT2D eigenvalue weighted by Crippen LogP contribution is -2.48. The summed E-state index contributed by atoms with van der Waals surface area (Å²) in [4.78, 5) is 66.9. The van der Waals surface area contributed by atoms with Gasteiger partial charge in [0, 0.05) is 26.1 Å². The van der Waals surface area contributed by atoms with Crippen LogP contribution in [0.4, 0.5) is 9.80 Å². The minimum absolute atomic E-state index is 0.0624. The van der Waals surface area contributed by atoms with Crippen molar-refractivity contribution >= 4 is 46.1 Å². The molecule has 12 heteroatoms. The van der Waals surface area contributed by atoms with E-state index in [9.17, 15) is 24.0 Å². The number of ether oxygens (including phenoxy) is 2. The van der Waals surface area contributed by atoms with Gasteiger partial charge in [0.05, 0.1) is 23.7 Å². The molecule has 1 atom stereocenters. The SMILES string of the molecule is CCOC(=O)c1c(NC(=O)CN2C(=O)NC3(CCOc4ccccc43)C2=O)sc(C(=O)N(C)C)c1C. The number of carbonyl (C=O) groups is 5. The second-order valence-electron chi connectivity index (χ2n) is 8.55. The molecule has 5 amide bonds. The number of thiophene rings is 1. The Morgan fingerprint density at radius 1 is 1.25 bits per heavy atom. The average molecular weight is 515 g/mol. The molecule has 11 nitrogen and oxygen atoms in total.